The maximum atomic E-state index is 12.1. The van der Waals surface area contributed by atoms with Crippen molar-refractivity contribution in [3.63, 3.8) is 0 Å². The van der Waals surface area contributed by atoms with Gasteiger partial charge in [-0.1, -0.05) is 37.5 Å². The molecule has 2 aromatic heterocycles. The van der Waals surface area contributed by atoms with Crippen LogP contribution in [0.15, 0.2) is 53.1 Å². The number of pyridine rings is 1. The monoisotopic (exact) mass is 452 g/mol. The minimum Gasteiger partial charge on any atom is -0.310 e. The quantitative estimate of drug-likeness (QED) is 0.158. The van der Waals surface area contributed by atoms with Gasteiger partial charge in [0.1, 0.15) is 0 Å². The van der Waals surface area contributed by atoms with Crippen molar-refractivity contribution < 1.29 is 4.79 Å². The highest BCUT2D eigenvalue weighted by molar-refractivity contribution is 7.09. The molecule has 0 spiro atoms. The van der Waals surface area contributed by atoms with Crippen LogP contribution in [0.1, 0.15) is 101 Å². The molecule has 0 radical (unpaired) electrons. The number of unbranched alkanes of at least 4 members (excludes halogenated alkanes) is 4. The van der Waals surface area contributed by atoms with E-state index >= 15 is 0 Å². The molecule has 3 nitrogen and oxygen atoms in total. The Kier molecular flexibility index (Phi) is 12.2. The molecule has 2 aromatic rings. The number of carbonyl (C=O) groups excluding carboxylic acids is 1. The second-order valence-corrected chi connectivity index (χ2v) is 10.0. The number of hydrogen-bond donors (Lipinski definition) is 1. The van der Waals surface area contributed by atoms with Crippen LogP contribution >= 0.6 is 11.3 Å². The van der Waals surface area contributed by atoms with Crippen molar-refractivity contribution in [2.75, 3.05) is 0 Å². The molecular formula is C28H40N2OS. The third kappa shape index (κ3) is 10.0. The minimum atomic E-state index is 0.245. The topological polar surface area (TPSA) is 53.8 Å². The first-order valence-electron chi connectivity index (χ1n) is 12.2. The fraction of sp³-hybridized carbons (Fsp3) is 0.536. The lowest BCUT2D eigenvalue weighted by Gasteiger charge is -2.12. The molecule has 2 heterocycles. The average molecular weight is 453 g/mol. The lowest BCUT2D eigenvalue weighted by molar-refractivity contribution is -0.113. The van der Waals surface area contributed by atoms with E-state index in [0.717, 1.165) is 81.2 Å². The highest BCUT2D eigenvalue weighted by atomic mass is 32.1. The van der Waals surface area contributed by atoms with Gasteiger partial charge in [0, 0.05) is 28.4 Å². The van der Waals surface area contributed by atoms with Gasteiger partial charge in [-0.05, 0) is 101 Å². The summed E-state index contributed by atoms with van der Waals surface area (Å²) in [6, 6.07) is 10.3. The maximum absolute atomic E-state index is 12.1. The van der Waals surface area contributed by atoms with Crippen molar-refractivity contribution in [2.45, 2.75) is 97.3 Å². The maximum Gasteiger partial charge on any atom is 0.155 e. The second-order valence-electron chi connectivity index (χ2n) is 8.98. The fourth-order valence-electron chi connectivity index (χ4n) is 4.22. The molecular weight excluding hydrogens is 412 g/mol. The summed E-state index contributed by atoms with van der Waals surface area (Å²) in [4.78, 5) is 18.0. The number of carbonyl (C=O) groups is 1. The molecule has 0 fully saturated rings. The van der Waals surface area contributed by atoms with E-state index in [4.69, 9.17) is 5.41 Å². The zero-order valence-corrected chi connectivity index (χ0v) is 21.0. The van der Waals surface area contributed by atoms with Crippen LogP contribution in [0.2, 0.25) is 0 Å². The van der Waals surface area contributed by atoms with Crippen LogP contribution in [0.25, 0.3) is 0 Å². The summed E-state index contributed by atoms with van der Waals surface area (Å²) in [5.41, 5.74) is 4.25. The normalized spacial score (nSPS) is 13.0. The Morgan fingerprint density at radius 2 is 1.72 bits per heavy atom. The van der Waals surface area contributed by atoms with E-state index < -0.39 is 0 Å². The number of thiophene rings is 1. The summed E-state index contributed by atoms with van der Waals surface area (Å²) in [7, 11) is 0. The van der Waals surface area contributed by atoms with Crippen LogP contribution in [-0.2, 0) is 11.2 Å². The summed E-state index contributed by atoms with van der Waals surface area (Å²) in [5, 5.41) is 10.4. The average Bonchev–Trinajstić information content (AvgIpc) is 3.29. The van der Waals surface area contributed by atoms with Crippen LogP contribution < -0.4 is 0 Å². The van der Waals surface area contributed by atoms with Gasteiger partial charge in [0.05, 0.1) is 0 Å². The highest BCUT2D eigenvalue weighted by Crippen LogP contribution is 2.22. The lowest BCUT2D eigenvalue weighted by Crippen LogP contribution is -2.05. The van der Waals surface area contributed by atoms with Crippen LogP contribution in [0.4, 0.5) is 0 Å². The smallest absolute Gasteiger partial charge is 0.155 e. The molecule has 1 atom stereocenters. The number of nitrogens with one attached hydrogen (secondary N) is 1. The number of ketones is 1. The van der Waals surface area contributed by atoms with Gasteiger partial charge in [0.2, 0.25) is 0 Å². The van der Waals surface area contributed by atoms with E-state index in [9.17, 15) is 4.79 Å². The third-order valence-corrected chi connectivity index (χ3v) is 7.08. The van der Waals surface area contributed by atoms with E-state index in [1.54, 1.807) is 6.92 Å². The Bertz CT molecular complexity index is 840. The van der Waals surface area contributed by atoms with E-state index in [-0.39, 0.29) is 5.78 Å². The van der Waals surface area contributed by atoms with Crippen LogP contribution in [0.3, 0.4) is 0 Å². The molecule has 0 saturated carbocycles. The standard InChI is InChI=1S/C28H40N2OS/c1-22(27(24(3)31)17-9-8-15-26-16-12-20-32-26)13-6-4-5-7-14-25(29)21-23(2)28-18-10-11-19-30-28/h10-12,16,18-20,23,29H,4-9,13-15,17,21H2,1-3H3/b27-22+,29-25?. The summed E-state index contributed by atoms with van der Waals surface area (Å²) in [5.74, 6) is 0.556. The predicted molar refractivity (Wildman–Crippen MR) is 138 cm³/mol. The number of aromatic nitrogens is 1. The molecule has 32 heavy (non-hydrogen) atoms. The Labute approximate surface area is 198 Å². The number of aryl methyl sites for hydroxylation is 1. The SMILES string of the molecule is CC(=O)/C(CCCCc1cccs1)=C(\C)CCCCCCC(=N)CC(C)c1ccccn1. The van der Waals surface area contributed by atoms with Crippen molar-refractivity contribution >= 4 is 22.8 Å². The molecule has 0 aliphatic heterocycles. The molecule has 0 saturated heterocycles. The zero-order chi connectivity index (χ0) is 23.2. The number of allylic oxidation sites excluding steroid dienone is 2. The largest absolute Gasteiger partial charge is 0.310 e. The number of hydrogen-bond acceptors (Lipinski definition) is 4. The van der Waals surface area contributed by atoms with Crippen molar-refractivity contribution in [2.24, 2.45) is 0 Å². The number of rotatable bonds is 16. The molecule has 0 aliphatic rings. The van der Waals surface area contributed by atoms with Crippen molar-refractivity contribution in [1.82, 2.24) is 4.98 Å². The number of Topliss-reactive ketones (excluding diaryl/α,β-unsaturated/α-hetero) is 1. The summed E-state index contributed by atoms with van der Waals surface area (Å²) >= 11 is 1.82. The van der Waals surface area contributed by atoms with Gasteiger partial charge in [-0.2, -0.15) is 0 Å². The number of nitrogens with zero attached hydrogens (tertiary/aromatic N) is 1. The van der Waals surface area contributed by atoms with E-state index in [2.05, 4.69) is 36.3 Å². The van der Waals surface area contributed by atoms with E-state index in [0.29, 0.717) is 5.92 Å². The predicted octanol–water partition coefficient (Wildman–Crippen LogP) is 8.32. The van der Waals surface area contributed by atoms with Gasteiger partial charge in [-0.25, -0.2) is 0 Å². The molecule has 0 bridgehead atoms. The Hall–Kier alpha value is -2.07. The van der Waals surface area contributed by atoms with E-state index in [1.165, 1.54) is 16.9 Å². The Balaban J connectivity index is 1.60. The van der Waals surface area contributed by atoms with Gasteiger partial charge >= 0.3 is 0 Å². The van der Waals surface area contributed by atoms with E-state index in [1.807, 2.05) is 35.7 Å². The Morgan fingerprint density at radius 3 is 2.38 bits per heavy atom. The van der Waals surface area contributed by atoms with Crippen molar-refractivity contribution in [3.8, 4) is 0 Å². The summed E-state index contributed by atoms with van der Waals surface area (Å²) in [6.45, 7) is 6.02. The second kappa shape index (κ2) is 14.9. The first kappa shape index (κ1) is 26.2. The zero-order valence-electron chi connectivity index (χ0n) is 20.2. The summed E-state index contributed by atoms with van der Waals surface area (Å²) < 4.78 is 0. The first-order valence-corrected chi connectivity index (χ1v) is 13.0. The molecule has 0 amide bonds. The molecule has 2 rings (SSSR count). The molecule has 4 heteroatoms. The molecule has 174 valence electrons. The Morgan fingerprint density at radius 1 is 0.969 bits per heavy atom. The fourth-order valence-corrected chi connectivity index (χ4v) is 4.97. The molecule has 1 unspecified atom stereocenters. The first-order chi connectivity index (χ1) is 15.5. The molecule has 0 aliphatic carbocycles. The van der Waals surface area contributed by atoms with Gasteiger partial charge in [0.15, 0.2) is 5.78 Å². The lowest BCUT2D eigenvalue weighted by atomic mass is 9.94. The minimum absolute atomic E-state index is 0.245. The highest BCUT2D eigenvalue weighted by Gasteiger charge is 2.10. The van der Waals surface area contributed by atoms with Gasteiger partial charge < -0.3 is 5.41 Å². The van der Waals surface area contributed by atoms with Crippen LogP contribution in [-0.4, -0.2) is 16.5 Å². The molecule has 0 aromatic carbocycles. The summed E-state index contributed by atoms with van der Waals surface area (Å²) in [6.07, 6.45) is 13.3. The van der Waals surface area contributed by atoms with Gasteiger partial charge in [-0.3, -0.25) is 9.78 Å². The van der Waals surface area contributed by atoms with Crippen LogP contribution in [0, 0.1) is 5.41 Å². The third-order valence-electron chi connectivity index (χ3n) is 6.15. The molecule has 1 N–H and O–H groups in total. The van der Waals surface area contributed by atoms with Crippen LogP contribution in [0.5, 0.6) is 0 Å². The van der Waals surface area contributed by atoms with Crippen molar-refractivity contribution in [1.29, 1.82) is 5.41 Å². The van der Waals surface area contributed by atoms with Crippen molar-refractivity contribution in [3.05, 3.63) is 63.6 Å². The van der Waals surface area contributed by atoms with Gasteiger partial charge in [0.25, 0.3) is 0 Å². The van der Waals surface area contributed by atoms with Gasteiger partial charge in [-0.15, -0.1) is 11.3 Å².